The fourth-order valence-electron chi connectivity index (χ4n) is 3.37. The summed E-state index contributed by atoms with van der Waals surface area (Å²) in [6.07, 6.45) is 1.09. The van der Waals surface area contributed by atoms with Crippen LogP contribution in [0.2, 0.25) is 0 Å². The van der Waals surface area contributed by atoms with E-state index in [0.29, 0.717) is 24.7 Å². The highest BCUT2D eigenvalue weighted by atomic mass is 16.5. The van der Waals surface area contributed by atoms with Gasteiger partial charge in [0.2, 0.25) is 0 Å². The number of benzene rings is 1. The Kier molecular flexibility index (Phi) is 5.37. The molecule has 0 spiro atoms. The quantitative estimate of drug-likeness (QED) is 0.860. The Bertz CT molecular complexity index is 766. The first-order valence-corrected chi connectivity index (χ1v) is 9.10. The second-order valence-corrected chi connectivity index (χ2v) is 7.77. The van der Waals surface area contributed by atoms with Crippen molar-refractivity contribution < 1.29 is 13.9 Å². The number of rotatable bonds is 6. The summed E-state index contributed by atoms with van der Waals surface area (Å²) < 4.78 is 11.4. The molecule has 1 aromatic carbocycles. The third-order valence-corrected chi connectivity index (χ3v) is 5.08. The fraction of sp³-hybridized carbons (Fsp3) is 0.476. The standard InChI is InChI=1S/C21H28N2O3/c1-15-5-7-18(8-6-15)25-12-17-11-19(26-16(17)2)20(24)22-13-21(3)9-10-23(4)14-21/h5-8,11H,9-10,12-14H2,1-4H3,(H,22,24)/t21-/m0/s1. The molecule has 0 saturated carbocycles. The molecule has 1 amide bonds. The van der Waals surface area contributed by atoms with Gasteiger partial charge in [-0.2, -0.15) is 0 Å². The molecule has 1 atom stereocenters. The van der Waals surface area contributed by atoms with Crippen LogP contribution < -0.4 is 10.1 Å². The van der Waals surface area contributed by atoms with Crippen LogP contribution in [-0.4, -0.2) is 37.5 Å². The second kappa shape index (κ2) is 7.54. The molecule has 140 valence electrons. The zero-order valence-corrected chi connectivity index (χ0v) is 16.1. The van der Waals surface area contributed by atoms with Gasteiger partial charge in [0.05, 0.1) is 0 Å². The molecule has 0 bridgehead atoms. The maximum Gasteiger partial charge on any atom is 0.287 e. The molecule has 5 nitrogen and oxygen atoms in total. The lowest BCUT2D eigenvalue weighted by atomic mass is 9.90. The van der Waals surface area contributed by atoms with E-state index in [2.05, 4.69) is 24.2 Å². The van der Waals surface area contributed by atoms with Crippen LogP contribution in [0.15, 0.2) is 34.7 Å². The summed E-state index contributed by atoms with van der Waals surface area (Å²) in [5.41, 5.74) is 2.21. The van der Waals surface area contributed by atoms with Gasteiger partial charge in [0.1, 0.15) is 18.1 Å². The van der Waals surface area contributed by atoms with Gasteiger partial charge in [-0.05, 0) is 57.5 Å². The van der Waals surface area contributed by atoms with Gasteiger partial charge in [-0.1, -0.05) is 24.6 Å². The van der Waals surface area contributed by atoms with Gasteiger partial charge < -0.3 is 19.4 Å². The van der Waals surface area contributed by atoms with Crippen molar-refractivity contribution in [2.75, 3.05) is 26.7 Å². The molecule has 1 aliphatic heterocycles. The fourth-order valence-corrected chi connectivity index (χ4v) is 3.37. The van der Waals surface area contributed by atoms with E-state index in [1.54, 1.807) is 6.07 Å². The van der Waals surface area contributed by atoms with Crippen LogP contribution in [0.5, 0.6) is 5.75 Å². The molecule has 1 N–H and O–H groups in total. The molecule has 2 aromatic rings. The zero-order chi connectivity index (χ0) is 18.7. The molecule has 0 unspecified atom stereocenters. The maximum absolute atomic E-state index is 12.4. The van der Waals surface area contributed by atoms with E-state index >= 15 is 0 Å². The number of likely N-dealkylation sites (tertiary alicyclic amines) is 1. The predicted molar refractivity (Wildman–Crippen MR) is 102 cm³/mol. The molecule has 3 rings (SSSR count). The predicted octanol–water partition coefficient (Wildman–Crippen LogP) is 3.55. The van der Waals surface area contributed by atoms with E-state index < -0.39 is 0 Å². The van der Waals surface area contributed by atoms with Crippen LogP contribution in [0.25, 0.3) is 0 Å². The highest BCUT2D eigenvalue weighted by Gasteiger charge is 2.32. The Morgan fingerprint density at radius 2 is 2.04 bits per heavy atom. The van der Waals surface area contributed by atoms with Crippen molar-refractivity contribution in [2.45, 2.75) is 33.8 Å². The van der Waals surface area contributed by atoms with Crippen LogP contribution in [0, 0.1) is 19.3 Å². The molecule has 1 saturated heterocycles. The van der Waals surface area contributed by atoms with E-state index in [-0.39, 0.29) is 11.3 Å². The number of nitrogens with one attached hydrogen (secondary N) is 1. The van der Waals surface area contributed by atoms with Crippen molar-refractivity contribution in [3.05, 3.63) is 53.0 Å². The summed E-state index contributed by atoms with van der Waals surface area (Å²) in [4.78, 5) is 14.7. The van der Waals surface area contributed by atoms with Crippen molar-refractivity contribution in [3.8, 4) is 5.75 Å². The largest absolute Gasteiger partial charge is 0.489 e. The van der Waals surface area contributed by atoms with E-state index in [0.717, 1.165) is 30.8 Å². The Hall–Kier alpha value is -2.27. The van der Waals surface area contributed by atoms with Gasteiger partial charge in [0.15, 0.2) is 5.76 Å². The van der Waals surface area contributed by atoms with Crippen molar-refractivity contribution in [3.63, 3.8) is 0 Å². The lowest BCUT2D eigenvalue weighted by Gasteiger charge is -2.23. The molecule has 5 heteroatoms. The molecule has 0 aliphatic carbocycles. The topological polar surface area (TPSA) is 54.7 Å². The lowest BCUT2D eigenvalue weighted by molar-refractivity contribution is 0.0905. The van der Waals surface area contributed by atoms with Gasteiger partial charge in [0.25, 0.3) is 5.91 Å². The SMILES string of the molecule is Cc1ccc(OCc2cc(C(=O)NC[C@]3(C)CCN(C)C3)oc2C)cc1. The van der Waals surface area contributed by atoms with Crippen LogP contribution in [0.3, 0.4) is 0 Å². The number of furan rings is 1. The highest BCUT2D eigenvalue weighted by molar-refractivity contribution is 5.91. The molecule has 1 aromatic heterocycles. The van der Waals surface area contributed by atoms with Crippen molar-refractivity contribution in [1.82, 2.24) is 10.2 Å². The second-order valence-electron chi connectivity index (χ2n) is 7.77. The summed E-state index contributed by atoms with van der Waals surface area (Å²) in [7, 11) is 2.11. The first-order valence-electron chi connectivity index (χ1n) is 9.10. The van der Waals surface area contributed by atoms with Crippen molar-refractivity contribution in [2.24, 2.45) is 5.41 Å². The van der Waals surface area contributed by atoms with Gasteiger partial charge >= 0.3 is 0 Å². The third-order valence-electron chi connectivity index (χ3n) is 5.08. The molecule has 26 heavy (non-hydrogen) atoms. The van der Waals surface area contributed by atoms with Crippen molar-refractivity contribution >= 4 is 5.91 Å². The molecule has 1 aliphatic rings. The number of aryl methyl sites for hydroxylation is 2. The molecule has 0 radical (unpaired) electrons. The molecule has 1 fully saturated rings. The normalized spacial score (nSPS) is 20.3. The van der Waals surface area contributed by atoms with Crippen LogP contribution in [0.4, 0.5) is 0 Å². The number of hydrogen-bond donors (Lipinski definition) is 1. The maximum atomic E-state index is 12.4. The van der Waals surface area contributed by atoms with Gasteiger partial charge in [-0.3, -0.25) is 4.79 Å². The summed E-state index contributed by atoms with van der Waals surface area (Å²) in [5, 5.41) is 3.02. The van der Waals surface area contributed by atoms with Crippen LogP contribution in [-0.2, 0) is 6.61 Å². The average molecular weight is 356 g/mol. The summed E-state index contributed by atoms with van der Waals surface area (Å²) in [6.45, 7) is 9.23. The molecular formula is C21H28N2O3. The smallest absolute Gasteiger partial charge is 0.287 e. The van der Waals surface area contributed by atoms with Gasteiger partial charge in [-0.15, -0.1) is 0 Å². The summed E-state index contributed by atoms with van der Waals surface area (Å²) in [5.74, 6) is 1.71. The monoisotopic (exact) mass is 356 g/mol. The minimum Gasteiger partial charge on any atom is -0.489 e. The number of amides is 1. The third kappa shape index (κ3) is 4.47. The Morgan fingerprint density at radius 1 is 1.31 bits per heavy atom. The van der Waals surface area contributed by atoms with E-state index in [9.17, 15) is 4.79 Å². The number of hydrogen-bond acceptors (Lipinski definition) is 4. The summed E-state index contributed by atoms with van der Waals surface area (Å²) in [6, 6.07) is 9.69. The number of carbonyl (C=O) groups excluding carboxylic acids is 1. The Balaban J connectivity index is 1.56. The number of carbonyl (C=O) groups is 1. The van der Waals surface area contributed by atoms with E-state index in [4.69, 9.17) is 9.15 Å². The Labute approximate surface area is 155 Å². The van der Waals surface area contributed by atoms with E-state index in [1.807, 2.05) is 38.1 Å². The highest BCUT2D eigenvalue weighted by Crippen LogP contribution is 2.28. The minimum atomic E-state index is -0.162. The molecule has 2 heterocycles. The van der Waals surface area contributed by atoms with Crippen LogP contribution >= 0.6 is 0 Å². The first-order chi connectivity index (χ1) is 12.3. The van der Waals surface area contributed by atoms with Gasteiger partial charge in [0, 0.05) is 18.7 Å². The Morgan fingerprint density at radius 3 is 2.69 bits per heavy atom. The minimum absolute atomic E-state index is 0.128. The first kappa shape index (κ1) is 18.5. The average Bonchev–Trinajstić information content (AvgIpc) is 3.15. The number of nitrogens with zero attached hydrogens (tertiary/aromatic N) is 1. The van der Waals surface area contributed by atoms with Gasteiger partial charge in [-0.25, -0.2) is 0 Å². The van der Waals surface area contributed by atoms with E-state index in [1.165, 1.54) is 5.56 Å². The summed E-state index contributed by atoms with van der Waals surface area (Å²) >= 11 is 0. The number of ether oxygens (including phenoxy) is 1. The van der Waals surface area contributed by atoms with Crippen LogP contribution in [0.1, 0.15) is 40.8 Å². The molecular weight excluding hydrogens is 328 g/mol. The zero-order valence-electron chi connectivity index (χ0n) is 16.1. The lowest BCUT2D eigenvalue weighted by Crippen LogP contribution is -2.37. The van der Waals surface area contributed by atoms with Crippen molar-refractivity contribution in [1.29, 1.82) is 0 Å².